The third kappa shape index (κ3) is 36.0. The number of carbonyl (C=O) groups excluding carboxylic acids is 1. The van der Waals surface area contributed by atoms with E-state index in [0.717, 1.165) is 12.8 Å². The summed E-state index contributed by atoms with van der Waals surface area (Å²) in [4.78, 5) is 10.3. The molecule has 0 spiro atoms. The summed E-state index contributed by atoms with van der Waals surface area (Å²) < 4.78 is 1.43. The molecule has 0 amide bonds. The maximum absolute atomic E-state index is 10.3. The summed E-state index contributed by atoms with van der Waals surface area (Å²) in [6.07, 6.45) is 28.5. The van der Waals surface area contributed by atoms with Crippen molar-refractivity contribution >= 4 is 28.5 Å². The Kier molecular flexibility index (Phi) is 33.0. The quantitative estimate of drug-likeness (QED) is 0.109. The Labute approximate surface area is 197 Å². The molecular formula is C26H52O2Sn. The van der Waals surface area contributed by atoms with Gasteiger partial charge in [-0.15, -0.1) is 0 Å². The van der Waals surface area contributed by atoms with Gasteiger partial charge in [-0.05, 0) is 12.8 Å². The van der Waals surface area contributed by atoms with Crippen LogP contribution in [0.1, 0.15) is 155 Å². The number of carbonyl (C=O) groups is 1. The van der Waals surface area contributed by atoms with Crippen molar-refractivity contribution in [2.75, 3.05) is 0 Å². The van der Waals surface area contributed by atoms with Crippen LogP contribution in [0.15, 0.2) is 0 Å². The zero-order valence-corrected chi connectivity index (χ0v) is 22.9. The molecule has 2 nitrogen and oxygen atoms in total. The van der Waals surface area contributed by atoms with E-state index in [0.29, 0.717) is 0 Å². The van der Waals surface area contributed by atoms with E-state index in [2.05, 4.69) is 13.8 Å². The second-order valence-corrected chi connectivity index (χ2v) is 10.0. The molecule has 172 valence electrons. The molecule has 0 aromatic carbocycles. The number of hydrogen-bond donors (Lipinski definition) is 0. The molecule has 0 atom stereocenters. The molecule has 29 heavy (non-hydrogen) atoms. The molecule has 0 aromatic rings. The van der Waals surface area contributed by atoms with Gasteiger partial charge in [0.05, 0.1) is 0 Å². The summed E-state index contributed by atoms with van der Waals surface area (Å²) in [6.45, 7) is 4.51. The van der Waals surface area contributed by atoms with Gasteiger partial charge in [0.15, 0.2) is 0 Å². The second-order valence-electron chi connectivity index (χ2n) is 8.59. The van der Waals surface area contributed by atoms with E-state index < -0.39 is 5.97 Å². The Bertz CT molecular complexity index is 292. The molecule has 2 radical (unpaired) electrons. The summed E-state index contributed by atoms with van der Waals surface area (Å²) >= 11 is 1.68. The molecule has 0 bridgehead atoms. The molecule has 0 aliphatic carbocycles. The number of carboxylic acids is 1. The van der Waals surface area contributed by atoms with Gasteiger partial charge < -0.3 is 9.90 Å². The van der Waals surface area contributed by atoms with Crippen LogP contribution in [0.3, 0.4) is 0 Å². The van der Waals surface area contributed by atoms with Crippen LogP contribution in [0.4, 0.5) is 0 Å². The van der Waals surface area contributed by atoms with Crippen LogP contribution in [-0.4, -0.2) is 28.5 Å². The van der Waals surface area contributed by atoms with Gasteiger partial charge in [-0.25, -0.2) is 0 Å². The van der Waals surface area contributed by atoms with Gasteiger partial charge in [-0.1, -0.05) is 122 Å². The fraction of sp³-hybridized carbons (Fsp3) is 0.962. The first-order valence-electron chi connectivity index (χ1n) is 13.0. The van der Waals surface area contributed by atoms with Gasteiger partial charge in [-0.2, -0.15) is 0 Å². The van der Waals surface area contributed by atoms with E-state index in [9.17, 15) is 9.90 Å². The number of rotatable bonds is 22. The topological polar surface area (TPSA) is 40.1 Å². The number of unbranched alkanes of at least 4 members (excludes halogenated alkanes) is 19. The van der Waals surface area contributed by atoms with Crippen LogP contribution in [-0.2, 0) is 4.79 Å². The van der Waals surface area contributed by atoms with Gasteiger partial charge >= 0.3 is 46.7 Å². The monoisotopic (exact) mass is 516 g/mol. The van der Waals surface area contributed by atoms with Crippen LogP contribution in [0, 0.1) is 0 Å². The Morgan fingerprint density at radius 1 is 0.517 bits per heavy atom. The summed E-state index contributed by atoms with van der Waals surface area (Å²) in [7, 11) is 0. The van der Waals surface area contributed by atoms with Crippen molar-refractivity contribution in [1.82, 2.24) is 0 Å². The van der Waals surface area contributed by atoms with Gasteiger partial charge in [0.2, 0.25) is 0 Å². The van der Waals surface area contributed by atoms with E-state index >= 15 is 0 Å². The fourth-order valence-electron chi connectivity index (χ4n) is 3.52. The van der Waals surface area contributed by atoms with Gasteiger partial charge in [0.1, 0.15) is 0 Å². The van der Waals surface area contributed by atoms with Crippen molar-refractivity contribution in [3.63, 3.8) is 0 Å². The van der Waals surface area contributed by atoms with Crippen LogP contribution < -0.4 is 5.11 Å². The normalized spacial score (nSPS) is 10.6. The molecule has 0 aliphatic rings. The molecule has 0 saturated carbocycles. The van der Waals surface area contributed by atoms with Gasteiger partial charge in [-0.3, -0.25) is 0 Å². The van der Waals surface area contributed by atoms with Crippen molar-refractivity contribution < 1.29 is 9.90 Å². The first-order valence-corrected chi connectivity index (χ1v) is 15.0. The maximum atomic E-state index is 10.3. The number of aliphatic carboxylic acids is 1. The van der Waals surface area contributed by atoms with Crippen molar-refractivity contribution in [3.05, 3.63) is 0 Å². The summed E-state index contributed by atoms with van der Waals surface area (Å²) in [5.74, 6) is -0.901. The van der Waals surface area contributed by atoms with Crippen LogP contribution >= 0.6 is 0 Å². The van der Waals surface area contributed by atoms with Crippen molar-refractivity contribution in [3.8, 4) is 0 Å². The predicted octanol–water partition coefficient (Wildman–Crippen LogP) is 7.93. The molecule has 3 heteroatoms. The minimum absolute atomic E-state index is 0.235. The second kappa shape index (κ2) is 30.5. The van der Waals surface area contributed by atoms with Crippen molar-refractivity contribution in [1.29, 1.82) is 0 Å². The Balaban J connectivity index is 0. The standard InChI is InChI=1S/C22H44O2.C4H9.Sn/c1-2-3-4-5-6-7-8-9-10-11-12-13-14-15-16-17-18-19-20-21-22(23)24;1-3-4-2;/h2-21H2,1H3,(H,23,24);1,3-4H2,2H3;/q;;+1/p-1. The first-order chi connectivity index (χ1) is 14.2. The molecule has 0 aliphatic heterocycles. The summed E-state index contributed by atoms with van der Waals surface area (Å²) in [5.41, 5.74) is 0. The van der Waals surface area contributed by atoms with Gasteiger partial charge in [0, 0.05) is 5.97 Å². The molecule has 0 fully saturated rings. The van der Waals surface area contributed by atoms with E-state index in [-0.39, 0.29) is 6.42 Å². The molecule has 0 aromatic heterocycles. The van der Waals surface area contributed by atoms with E-state index in [1.54, 1.807) is 22.5 Å². The van der Waals surface area contributed by atoms with Crippen molar-refractivity contribution in [2.45, 2.75) is 160 Å². The van der Waals surface area contributed by atoms with Crippen LogP contribution in [0.2, 0.25) is 4.44 Å². The van der Waals surface area contributed by atoms with Gasteiger partial charge in [0.25, 0.3) is 0 Å². The molecule has 0 rings (SSSR count). The zero-order valence-electron chi connectivity index (χ0n) is 20.1. The van der Waals surface area contributed by atoms with Crippen molar-refractivity contribution in [2.24, 2.45) is 0 Å². The summed E-state index contributed by atoms with van der Waals surface area (Å²) in [5, 5.41) is 10.3. The molecule has 0 N–H and O–H groups in total. The number of carboxylic acid groups (broad SMARTS) is 1. The molecule has 0 unspecified atom stereocenters. The zero-order chi connectivity index (χ0) is 21.8. The first kappa shape index (κ1) is 31.5. The fourth-order valence-corrected chi connectivity index (χ4v) is 4.53. The summed E-state index contributed by atoms with van der Waals surface area (Å²) in [6, 6.07) is 0. The third-order valence-corrected chi connectivity index (χ3v) is 6.52. The van der Waals surface area contributed by atoms with E-state index in [1.165, 1.54) is 126 Å². The SMILES string of the molecule is CCCCCCCCCCCCCCCCCCCCCC(=O)[O-].CCC[CH2][Sn+]. The molecule has 0 heterocycles. The van der Waals surface area contributed by atoms with E-state index in [4.69, 9.17) is 0 Å². The third-order valence-electron chi connectivity index (χ3n) is 5.51. The Hall–Kier alpha value is 0.269. The Morgan fingerprint density at radius 2 is 0.793 bits per heavy atom. The number of hydrogen-bond acceptors (Lipinski definition) is 2. The van der Waals surface area contributed by atoms with Crippen LogP contribution in [0.5, 0.6) is 0 Å². The van der Waals surface area contributed by atoms with Crippen LogP contribution in [0.25, 0.3) is 0 Å². The van der Waals surface area contributed by atoms with E-state index in [1.807, 2.05) is 0 Å². The molecule has 0 saturated heterocycles. The predicted molar refractivity (Wildman–Crippen MR) is 128 cm³/mol. The average Bonchev–Trinajstić information content (AvgIpc) is 2.70. The average molecular weight is 515 g/mol. The Morgan fingerprint density at radius 3 is 1.00 bits per heavy atom. The molecular weight excluding hydrogens is 463 g/mol. The minimum atomic E-state index is -0.901.